The Hall–Kier alpha value is -1.39. The molecule has 2 nitrogen and oxygen atoms in total. The van der Waals surface area contributed by atoms with Crippen molar-refractivity contribution < 1.29 is 0 Å². The molecule has 0 N–H and O–H groups in total. The van der Waals surface area contributed by atoms with Crippen LogP contribution >= 0.6 is 27.5 Å². The van der Waals surface area contributed by atoms with Crippen LogP contribution in [-0.2, 0) is 0 Å². The zero-order valence-corrected chi connectivity index (χ0v) is 13.0. The second-order valence-electron chi connectivity index (χ2n) is 4.58. The minimum absolute atomic E-state index is 0.0640. The van der Waals surface area contributed by atoms with Crippen molar-refractivity contribution in [2.75, 3.05) is 0 Å². The molecule has 4 heteroatoms. The summed E-state index contributed by atoms with van der Waals surface area (Å²) < 4.78 is 3.86. The number of hydrogen-bond acceptors (Lipinski definition) is 2. The SMILES string of the molecule is Cc1cc(Br)cc(C)c1-n1sc2ccccc2c1=O. The molecule has 96 valence electrons. The largest absolute Gasteiger partial charge is 0.273 e. The highest BCUT2D eigenvalue weighted by atomic mass is 79.9. The van der Waals surface area contributed by atoms with E-state index >= 15 is 0 Å². The lowest BCUT2D eigenvalue weighted by atomic mass is 10.1. The fraction of sp³-hybridized carbons (Fsp3) is 0.133. The molecule has 0 amide bonds. The van der Waals surface area contributed by atoms with Crippen LogP contribution in [0.25, 0.3) is 15.8 Å². The molecule has 3 aromatic rings. The van der Waals surface area contributed by atoms with E-state index in [-0.39, 0.29) is 5.56 Å². The Morgan fingerprint density at radius 2 is 1.74 bits per heavy atom. The monoisotopic (exact) mass is 333 g/mol. The molecule has 0 aliphatic heterocycles. The normalized spacial score (nSPS) is 11.1. The molecular formula is C15H12BrNOS. The minimum atomic E-state index is 0.0640. The Bertz CT molecular complexity index is 809. The van der Waals surface area contributed by atoms with E-state index in [2.05, 4.69) is 15.9 Å². The lowest BCUT2D eigenvalue weighted by molar-refractivity contribution is 1.09. The van der Waals surface area contributed by atoms with Crippen molar-refractivity contribution >= 4 is 37.5 Å². The van der Waals surface area contributed by atoms with Gasteiger partial charge in [0.2, 0.25) is 0 Å². The van der Waals surface area contributed by atoms with Gasteiger partial charge >= 0.3 is 0 Å². The third kappa shape index (κ3) is 2.05. The highest BCUT2D eigenvalue weighted by molar-refractivity contribution is 9.10. The van der Waals surface area contributed by atoms with Crippen LogP contribution in [0.1, 0.15) is 11.1 Å². The summed E-state index contributed by atoms with van der Waals surface area (Å²) in [5, 5.41) is 0.786. The van der Waals surface area contributed by atoms with Crippen molar-refractivity contribution in [1.82, 2.24) is 3.96 Å². The van der Waals surface area contributed by atoms with Crippen LogP contribution in [0.15, 0.2) is 45.7 Å². The number of fused-ring (bicyclic) bond motifs is 1. The van der Waals surface area contributed by atoms with Gasteiger partial charge in [-0.05, 0) is 49.2 Å². The van der Waals surface area contributed by atoms with Gasteiger partial charge in [0.15, 0.2) is 0 Å². The Morgan fingerprint density at radius 3 is 2.37 bits per heavy atom. The highest BCUT2D eigenvalue weighted by Crippen LogP contribution is 2.27. The number of nitrogens with zero attached hydrogens (tertiary/aromatic N) is 1. The van der Waals surface area contributed by atoms with Crippen molar-refractivity contribution in [3.8, 4) is 5.69 Å². The second-order valence-corrected chi connectivity index (χ2v) is 6.48. The van der Waals surface area contributed by atoms with Crippen molar-refractivity contribution in [3.05, 3.63) is 62.4 Å². The molecule has 19 heavy (non-hydrogen) atoms. The Kier molecular flexibility index (Phi) is 3.07. The van der Waals surface area contributed by atoms with Crippen LogP contribution in [0.2, 0.25) is 0 Å². The highest BCUT2D eigenvalue weighted by Gasteiger charge is 2.13. The third-order valence-electron chi connectivity index (χ3n) is 3.15. The van der Waals surface area contributed by atoms with Crippen LogP contribution in [0.3, 0.4) is 0 Å². The maximum Gasteiger partial charge on any atom is 0.273 e. The molecule has 2 aromatic carbocycles. The smallest absolute Gasteiger partial charge is 0.267 e. The number of benzene rings is 2. The number of rotatable bonds is 1. The molecule has 0 aliphatic rings. The Morgan fingerprint density at radius 1 is 1.11 bits per heavy atom. The second kappa shape index (κ2) is 4.62. The molecule has 0 atom stereocenters. The van der Waals surface area contributed by atoms with Gasteiger partial charge in [-0.2, -0.15) is 0 Å². The predicted octanol–water partition coefficient (Wildman–Crippen LogP) is 4.43. The minimum Gasteiger partial charge on any atom is -0.267 e. The predicted molar refractivity (Wildman–Crippen MR) is 84.6 cm³/mol. The molecule has 0 fully saturated rings. The Labute approximate surface area is 123 Å². The van der Waals surface area contributed by atoms with Gasteiger partial charge < -0.3 is 0 Å². The van der Waals surface area contributed by atoms with E-state index in [1.165, 1.54) is 11.5 Å². The van der Waals surface area contributed by atoms with E-state index in [4.69, 9.17) is 0 Å². The van der Waals surface area contributed by atoms with Gasteiger partial charge in [0.25, 0.3) is 5.56 Å². The van der Waals surface area contributed by atoms with E-state index in [1.807, 2.05) is 50.2 Å². The summed E-state index contributed by atoms with van der Waals surface area (Å²) >= 11 is 4.99. The molecule has 3 rings (SSSR count). The van der Waals surface area contributed by atoms with Gasteiger partial charge in [-0.3, -0.25) is 4.79 Å². The van der Waals surface area contributed by atoms with Crippen LogP contribution in [0.4, 0.5) is 0 Å². The molecule has 0 spiro atoms. The average Bonchev–Trinajstić information content (AvgIpc) is 2.66. The molecule has 0 saturated heterocycles. The number of aromatic nitrogens is 1. The first-order chi connectivity index (χ1) is 9.08. The summed E-state index contributed by atoms with van der Waals surface area (Å²) in [6, 6.07) is 11.8. The van der Waals surface area contributed by atoms with Crippen molar-refractivity contribution in [1.29, 1.82) is 0 Å². The van der Waals surface area contributed by atoms with Crippen molar-refractivity contribution in [2.45, 2.75) is 13.8 Å². The summed E-state index contributed by atoms with van der Waals surface area (Å²) in [6.07, 6.45) is 0. The first kappa shape index (κ1) is 12.6. The van der Waals surface area contributed by atoms with Crippen LogP contribution < -0.4 is 5.56 Å². The van der Waals surface area contributed by atoms with Crippen LogP contribution in [-0.4, -0.2) is 3.96 Å². The topological polar surface area (TPSA) is 22.0 Å². The Balaban J connectivity index is 2.37. The number of halogens is 1. The van der Waals surface area contributed by atoms with Crippen LogP contribution in [0.5, 0.6) is 0 Å². The average molecular weight is 334 g/mol. The van der Waals surface area contributed by atoms with Crippen molar-refractivity contribution in [3.63, 3.8) is 0 Å². The lowest BCUT2D eigenvalue weighted by Gasteiger charge is -2.09. The van der Waals surface area contributed by atoms with E-state index < -0.39 is 0 Å². The fourth-order valence-corrected chi connectivity index (χ4v) is 4.18. The first-order valence-electron chi connectivity index (χ1n) is 5.96. The molecule has 0 radical (unpaired) electrons. The van der Waals surface area contributed by atoms with E-state index in [0.29, 0.717) is 0 Å². The summed E-state index contributed by atoms with van der Waals surface area (Å²) in [5.41, 5.74) is 3.25. The maximum absolute atomic E-state index is 12.5. The van der Waals surface area contributed by atoms with Gasteiger partial charge in [-0.25, -0.2) is 3.96 Å². The summed E-state index contributed by atoms with van der Waals surface area (Å²) in [6.45, 7) is 4.06. The standard InChI is InChI=1S/C15H12BrNOS/c1-9-7-11(16)8-10(2)14(9)17-15(18)12-5-3-4-6-13(12)19-17/h3-8H,1-2H3. The third-order valence-corrected chi connectivity index (χ3v) is 4.69. The summed E-state index contributed by atoms with van der Waals surface area (Å²) in [5.74, 6) is 0. The van der Waals surface area contributed by atoms with Gasteiger partial charge in [-0.1, -0.05) is 39.6 Å². The van der Waals surface area contributed by atoms with Gasteiger partial charge in [0, 0.05) is 4.47 Å². The summed E-state index contributed by atoms with van der Waals surface area (Å²) in [7, 11) is 0. The zero-order chi connectivity index (χ0) is 13.6. The first-order valence-corrected chi connectivity index (χ1v) is 7.53. The van der Waals surface area contributed by atoms with Gasteiger partial charge in [0.1, 0.15) is 0 Å². The van der Waals surface area contributed by atoms with Gasteiger partial charge in [0.05, 0.1) is 15.8 Å². The lowest BCUT2D eigenvalue weighted by Crippen LogP contribution is -2.13. The van der Waals surface area contributed by atoms with E-state index in [1.54, 1.807) is 3.96 Å². The number of hydrogen-bond donors (Lipinski definition) is 0. The molecule has 0 aliphatic carbocycles. The van der Waals surface area contributed by atoms with Crippen molar-refractivity contribution in [2.24, 2.45) is 0 Å². The molecular weight excluding hydrogens is 322 g/mol. The van der Waals surface area contributed by atoms with Gasteiger partial charge in [-0.15, -0.1) is 0 Å². The molecule has 1 heterocycles. The van der Waals surface area contributed by atoms with E-state index in [0.717, 1.165) is 31.4 Å². The number of aryl methyl sites for hydroxylation is 2. The molecule has 0 saturated carbocycles. The fourth-order valence-electron chi connectivity index (χ4n) is 2.34. The van der Waals surface area contributed by atoms with E-state index in [9.17, 15) is 4.79 Å². The van der Waals surface area contributed by atoms with Crippen LogP contribution in [0, 0.1) is 13.8 Å². The summed E-state index contributed by atoms with van der Waals surface area (Å²) in [4.78, 5) is 12.5. The zero-order valence-electron chi connectivity index (χ0n) is 10.6. The molecule has 0 bridgehead atoms. The molecule has 0 unspecified atom stereocenters. The maximum atomic E-state index is 12.5. The molecule has 1 aromatic heterocycles. The quantitative estimate of drug-likeness (QED) is 0.645.